The van der Waals surface area contributed by atoms with Gasteiger partial charge in [0.25, 0.3) is 0 Å². The number of hydrogen-bond acceptors (Lipinski definition) is 3. The van der Waals surface area contributed by atoms with Gasteiger partial charge in [-0.1, -0.05) is 35.9 Å². The van der Waals surface area contributed by atoms with Gasteiger partial charge in [0, 0.05) is 36.9 Å². The molecule has 0 spiro atoms. The van der Waals surface area contributed by atoms with Crippen LogP contribution in [0.4, 0.5) is 4.79 Å². The molecule has 3 aromatic rings. The minimum atomic E-state index is -0.0699. The summed E-state index contributed by atoms with van der Waals surface area (Å²) in [5.41, 5.74) is 2.27. The molecule has 0 saturated carbocycles. The molecule has 0 saturated heterocycles. The molecule has 2 amide bonds. The Morgan fingerprint density at radius 3 is 2.62 bits per heavy atom. The molecule has 1 N–H and O–H groups in total. The molecular formula is C19H21ClN4OS. The predicted octanol–water partition coefficient (Wildman–Crippen LogP) is 4.38. The number of halogens is 1. The standard InChI is InChI=1S/C19H21ClN4OS/c1-2-24(13-17-7-8-18(20)26-17)19(25)22-11-15-3-5-16(6-4-15)12-23-10-9-21-14-23/h3-10,14H,2,11-13H2,1H3,(H,22,25). The van der Waals surface area contributed by atoms with Crippen LogP contribution in [-0.4, -0.2) is 27.0 Å². The predicted molar refractivity (Wildman–Crippen MR) is 105 cm³/mol. The second-order valence-electron chi connectivity index (χ2n) is 5.93. The van der Waals surface area contributed by atoms with Crippen LogP contribution < -0.4 is 5.32 Å². The average molecular weight is 389 g/mol. The molecule has 3 rings (SSSR count). The summed E-state index contributed by atoms with van der Waals surface area (Å²) in [7, 11) is 0. The van der Waals surface area contributed by atoms with E-state index in [-0.39, 0.29) is 6.03 Å². The van der Waals surface area contributed by atoms with Gasteiger partial charge in [-0.3, -0.25) is 0 Å². The number of hydrogen-bond donors (Lipinski definition) is 1. The van der Waals surface area contributed by atoms with Crippen LogP contribution in [0.2, 0.25) is 4.34 Å². The maximum Gasteiger partial charge on any atom is 0.317 e. The second kappa shape index (κ2) is 8.87. The molecule has 0 bridgehead atoms. The number of carbonyl (C=O) groups is 1. The van der Waals surface area contributed by atoms with Crippen LogP contribution in [-0.2, 0) is 19.6 Å². The molecule has 0 fully saturated rings. The van der Waals surface area contributed by atoms with Gasteiger partial charge in [0.15, 0.2) is 0 Å². The Morgan fingerprint density at radius 2 is 2.00 bits per heavy atom. The third-order valence-corrected chi connectivity index (χ3v) is 5.25. The largest absolute Gasteiger partial charge is 0.334 e. The number of carbonyl (C=O) groups excluding carboxylic acids is 1. The fraction of sp³-hybridized carbons (Fsp3) is 0.263. The van der Waals surface area contributed by atoms with Crippen molar-refractivity contribution in [3.8, 4) is 0 Å². The van der Waals surface area contributed by atoms with E-state index < -0.39 is 0 Å². The van der Waals surface area contributed by atoms with Crippen LogP contribution in [0.25, 0.3) is 0 Å². The molecule has 5 nitrogen and oxygen atoms in total. The first-order valence-electron chi connectivity index (χ1n) is 8.44. The van der Waals surface area contributed by atoms with E-state index in [1.807, 2.05) is 42.0 Å². The van der Waals surface area contributed by atoms with Crippen molar-refractivity contribution < 1.29 is 4.79 Å². The summed E-state index contributed by atoms with van der Waals surface area (Å²) in [6, 6.07) is 12.0. The highest BCUT2D eigenvalue weighted by Crippen LogP contribution is 2.22. The van der Waals surface area contributed by atoms with Crippen LogP contribution in [0.3, 0.4) is 0 Å². The van der Waals surface area contributed by atoms with Gasteiger partial charge in [-0.25, -0.2) is 9.78 Å². The van der Waals surface area contributed by atoms with Crippen molar-refractivity contribution in [2.75, 3.05) is 6.54 Å². The Bertz CT molecular complexity index is 830. The van der Waals surface area contributed by atoms with Crippen molar-refractivity contribution in [2.24, 2.45) is 0 Å². The lowest BCUT2D eigenvalue weighted by atomic mass is 10.1. The normalized spacial score (nSPS) is 10.7. The molecule has 2 heterocycles. The molecule has 26 heavy (non-hydrogen) atoms. The van der Waals surface area contributed by atoms with Crippen molar-refractivity contribution in [2.45, 2.75) is 26.6 Å². The minimum Gasteiger partial charge on any atom is -0.334 e. The number of urea groups is 1. The highest BCUT2D eigenvalue weighted by Gasteiger charge is 2.12. The molecule has 0 unspecified atom stereocenters. The first-order valence-corrected chi connectivity index (χ1v) is 9.64. The van der Waals surface area contributed by atoms with Gasteiger partial charge >= 0.3 is 6.03 Å². The fourth-order valence-electron chi connectivity index (χ4n) is 2.60. The molecule has 0 aliphatic heterocycles. The Morgan fingerprint density at radius 1 is 1.23 bits per heavy atom. The zero-order valence-electron chi connectivity index (χ0n) is 14.6. The minimum absolute atomic E-state index is 0.0699. The highest BCUT2D eigenvalue weighted by atomic mass is 35.5. The smallest absolute Gasteiger partial charge is 0.317 e. The van der Waals surface area contributed by atoms with E-state index in [1.54, 1.807) is 17.4 Å². The number of thiophene rings is 1. The fourth-order valence-corrected chi connectivity index (χ4v) is 3.70. The number of imidazole rings is 1. The summed E-state index contributed by atoms with van der Waals surface area (Å²) >= 11 is 7.46. The number of amides is 2. The highest BCUT2D eigenvalue weighted by molar-refractivity contribution is 7.16. The molecule has 0 aliphatic carbocycles. The van der Waals surface area contributed by atoms with Gasteiger partial charge in [0.05, 0.1) is 17.2 Å². The van der Waals surface area contributed by atoms with Crippen molar-refractivity contribution in [3.05, 3.63) is 75.5 Å². The quantitative estimate of drug-likeness (QED) is 0.653. The summed E-state index contributed by atoms with van der Waals surface area (Å²) < 4.78 is 2.76. The van der Waals surface area contributed by atoms with E-state index in [0.29, 0.717) is 19.6 Å². The third kappa shape index (κ3) is 5.09. The number of nitrogens with zero attached hydrogens (tertiary/aromatic N) is 3. The average Bonchev–Trinajstić information content (AvgIpc) is 3.30. The third-order valence-electron chi connectivity index (χ3n) is 4.04. The first-order chi connectivity index (χ1) is 12.6. The lowest BCUT2D eigenvalue weighted by Gasteiger charge is -2.20. The van der Waals surface area contributed by atoms with Crippen molar-refractivity contribution >= 4 is 29.0 Å². The van der Waals surface area contributed by atoms with E-state index in [1.165, 1.54) is 16.9 Å². The number of aromatic nitrogens is 2. The Labute approximate surface area is 162 Å². The van der Waals surface area contributed by atoms with Crippen molar-refractivity contribution in [1.29, 1.82) is 0 Å². The summed E-state index contributed by atoms with van der Waals surface area (Å²) in [6.45, 7) is 4.49. The molecule has 0 atom stereocenters. The summed E-state index contributed by atoms with van der Waals surface area (Å²) in [5.74, 6) is 0. The zero-order chi connectivity index (χ0) is 18.4. The molecule has 0 radical (unpaired) electrons. The number of nitrogens with one attached hydrogen (secondary N) is 1. The molecule has 7 heteroatoms. The molecule has 136 valence electrons. The van der Waals surface area contributed by atoms with Crippen LogP contribution in [0, 0.1) is 0 Å². The van der Waals surface area contributed by atoms with Gasteiger partial charge in [-0.15, -0.1) is 11.3 Å². The lowest BCUT2D eigenvalue weighted by molar-refractivity contribution is 0.198. The topological polar surface area (TPSA) is 50.2 Å². The summed E-state index contributed by atoms with van der Waals surface area (Å²) in [4.78, 5) is 19.3. The van der Waals surface area contributed by atoms with Gasteiger partial charge in [0.1, 0.15) is 0 Å². The monoisotopic (exact) mass is 388 g/mol. The van der Waals surface area contributed by atoms with Crippen LogP contribution in [0.5, 0.6) is 0 Å². The Balaban J connectivity index is 1.51. The zero-order valence-corrected chi connectivity index (χ0v) is 16.1. The van der Waals surface area contributed by atoms with Crippen LogP contribution in [0.15, 0.2) is 55.1 Å². The Hall–Kier alpha value is -2.31. The van der Waals surface area contributed by atoms with Gasteiger partial charge in [0.2, 0.25) is 0 Å². The maximum absolute atomic E-state index is 12.4. The van der Waals surface area contributed by atoms with Crippen LogP contribution >= 0.6 is 22.9 Å². The van der Waals surface area contributed by atoms with E-state index >= 15 is 0 Å². The summed E-state index contributed by atoms with van der Waals surface area (Å²) in [5, 5.41) is 2.99. The van der Waals surface area contributed by atoms with Gasteiger partial charge < -0.3 is 14.8 Å². The van der Waals surface area contributed by atoms with Gasteiger partial charge in [-0.2, -0.15) is 0 Å². The molecular weight excluding hydrogens is 368 g/mol. The number of benzene rings is 1. The van der Waals surface area contributed by atoms with Crippen molar-refractivity contribution in [3.63, 3.8) is 0 Å². The van der Waals surface area contributed by atoms with E-state index in [2.05, 4.69) is 22.4 Å². The Kier molecular flexibility index (Phi) is 6.30. The summed E-state index contributed by atoms with van der Waals surface area (Å²) in [6.07, 6.45) is 5.51. The number of rotatable bonds is 7. The van der Waals surface area contributed by atoms with E-state index in [0.717, 1.165) is 21.3 Å². The van der Waals surface area contributed by atoms with E-state index in [9.17, 15) is 4.79 Å². The van der Waals surface area contributed by atoms with Gasteiger partial charge in [-0.05, 0) is 30.2 Å². The maximum atomic E-state index is 12.4. The van der Waals surface area contributed by atoms with E-state index in [4.69, 9.17) is 11.6 Å². The first kappa shape index (κ1) is 18.5. The lowest BCUT2D eigenvalue weighted by Crippen LogP contribution is -2.38. The SMILES string of the molecule is CCN(Cc1ccc(Cl)s1)C(=O)NCc1ccc(Cn2ccnc2)cc1. The molecule has 2 aromatic heterocycles. The second-order valence-corrected chi connectivity index (χ2v) is 7.73. The van der Waals surface area contributed by atoms with Crippen LogP contribution in [0.1, 0.15) is 22.9 Å². The van der Waals surface area contributed by atoms with Crippen molar-refractivity contribution in [1.82, 2.24) is 19.8 Å². The molecule has 1 aromatic carbocycles. The molecule has 0 aliphatic rings.